The van der Waals surface area contributed by atoms with Crippen molar-refractivity contribution in [1.29, 1.82) is 0 Å². The molecular weight excluding hydrogens is 380 g/mol. The molecule has 0 bridgehead atoms. The van der Waals surface area contributed by atoms with Crippen molar-refractivity contribution in [3.05, 3.63) is 53.7 Å². The molecule has 1 aromatic carbocycles. The number of anilines is 2. The number of carbonyl (C=O) groups excluding carboxylic acids is 1. The average Bonchev–Trinajstić information content (AvgIpc) is 2.64. The van der Waals surface area contributed by atoms with Gasteiger partial charge in [0.1, 0.15) is 23.2 Å². The molecule has 0 aliphatic rings. The highest BCUT2D eigenvalue weighted by molar-refractivity contribution is 6.05. The standard InChI is InChI=1S/C17H14F4N6O/c1-2-26-27(11-6-9(17(19,20)21)5-10(18)7-11)16-14-13(24-8-25-16)12(15(22)28)3-4-23-14/h3-8,26H,2H2,1H3,(H2,22,28). The molecule has 3 N–H and O–H groups in total. The van der Waals surface area contributed by atoms with Crippen LogP contribution >= 0.6 is 0 Å². The first-order valence-corrected chi connectivity index (χ1v) is 8.03. The number of hydrogen-bond acceptors (Lipinski definition) is 6. The fourth-order valence-corrected chi connectivity index (χ4v) is 2.63. The zero-order chi connectivity index (χ0) is 20.5. The van der Waals surface area contributed by atoms with E-state index in [1.807, 2.05) is 0 Å². The summed E-state index contributed by atoms with van der Waals surface area (Å²) in [5.74, 6) is -1.79. The predicted octanol–water partition coefficient (Wildman–Crippen LogP) is 2.94. The third-order valence-electron chi connectivity index (χ3n) is 3.76. The molecule has 0 fully saturated rings. The van der Waals surface area contributed by atoms with E-state index in [9.17, 15) is 22.4 Å². The second-order valence-electron chi connectivity index (χ2n) is 5.66. The van der Waals surface area contributed by atoms with Crippen LogP contribution in [0.2, 0.25) is 0 Å². The predicted molar refractivity (Wildman–Crippen MR) is 93.1 cm³/mol. The number of nitrogens with two attached hydrogens (primary N) is 1. The Morgan fingerprint density at radius 3 is 2.57 bits per heavy atom. The number of pyridine rings is 1. The molecule has 0 saturated heterocycles. The highest BCUT2D eigenvalue weighted by atomic mass is 19.4. The molecule has 1 amide bonds. The van der Waals surface area contributed by atoms with Crippen LogP contribution in [-0.4, -0.2) is 27.4 Å². The molecule has 7 nitrogen and oxygen atoms in total. The van der Waals surface area contributed by atoms with Crippen molar-refractivity contribution < 1.29 is 22.4 Å². The van der Waals surface area contributed by atoms with E-state index in [1.54, 1.807) is 6.92 Å². The van der Waals surface area contributed by atoms with E-state index >= 15 is 0 Å². The van der Waals surface area contributed by atoms with Crippen molar-refractivity contribution in [2.45, 2.75) is 13.1 Å². The molecule has 11 heteroatoms. The smallest absolute Gasteiger partial charge is 0.366 e. The van der Waals surface area contributed by atoms with Crippen molar-refractivity contribution in [3.63, 3.8) is 0 Å². The highest BCUT2D eigenvalue weighted by Crippen LogP contribution is 2.35. The summed E-state index contributed by atoms with van der Waals surface area (Å²) in [7, 11) is 0. The third kappa shape index (κ3) is 3.69. The number of nitrogens with one attached hydrogen (secondary N) is 1. The summed E-state index contributed by atoms with van der Waals surface area (Å²) in [4.78, 5) is 23.8. The number of benzene rings is 1. The van der Waals surface area contributed by atoms with Gasteiger partial charge in [0.25, 0.3) is 5.91 Å². The Balaban J connectivity index is 2.24. The van der Waals surface area contributed by atoms with Crippen LogP contribution in [0.15, 0.2) is 36.8 Å². The first-order valence-electron chi connectivity index (χ1n) is 8.03. The van der Waals surface area contributed by atoms with Crippen molar-refractivity contribution in [3.8, 4) is 0 Å². The minimum atomic E-state index is -4.74. The number of primary amides is 1. The quantitative estimate of drug-likeness (QED) is 0.510. The Labute approximate surface area is 156 Å². The molecule has 2 heterocycles. The van der Waals surface area contributed by atoms with Crippen LogP contribution in [0.5, 0.6) is 0 Å². The normalized spacial score (nSPS) is 11.6. The number of amides is 1. The lowest BCUT2D eigenvalue weighted by Crippen LogP contribution is -2.35. The fourth-order valence-electron chi connectivity index (χ4n) is 2.63. The number of carbonyl (C=O) groups is 1. The molecule has 0 saturated carbocycles. The van der Waals surface area contributed by atoms with Gasteiger partial charge in [-0.25, -0.2) is 19.8 Å². The molecule has 0 atom stereocenters. The molecular formula is C17H14F4N6O. The van der Waals surface area contributed by atoms with Gasteiger partial charge in [0.05, 0.1) is 16.8 Å². The van der Waals surface area contributed by atoms with E-state index in [1.165, 1.54) is 12.3 Å². The lowest BCUT2D eigenvalue weighted by molar-refractivity contribution is -0.137. The van der Waals surface area contributed by atoms with Gasteiger partial charge >= 0.3 is 6.18 Å². The topological polar surface area (TPSA) is 97.0 Å². The minimum Gasteiger partial charge on any atom is -0.366 e. The number of fused-ring (bicyclic) bond motifs is 1. The van der Waals surface area contributed by atoms with Crippen molar-refractivity contribution in [2.75, 3.05) is 11.6 Å². The summed E-state index contributed by atoms with van der Waals surface area (Å²) in [5, 5.41) is 1.15. The van der Waals surface area contributed by atoms with Crippen LogP contribution in [0, 0.1) is 5.82 Å². The first kappa shape index (κ1) is 19.4. The number of halogens is 4. The Hall–Kier alpha value is -3.34. The van der Waals surface area contributed by atoms with Crippen molar-refractivity contribution >= 4 is 28.4 Å². The molecule has 28 heavy (non-hydrogen) atoms. The monoisotopic (exact) mass is 394 g/mol. The van der Waals surface area contributed by atoms with Gasteiger partial charge in [-0.15, -0.1) is 0 Å². The zero-order valence-corrected chi connectivity index (χ0v) is 14.5. The third-order valence-corrected chi connectivity index (χ3v) is 3.76. The summed E-state index contributed by atoms with van der Waals surface area (Å²) in [6, 6.07) is 3.46. The van der Waals surface area contributed by atoms with Crippen LogP contribution in [0.1, 0.15) is 22.8 Å². The van der Waals surface area contributed by atoms with Crippen molar-refractivity contribution in [2.24, 2.45) is 5.73 Å². The number of hydrogen-bond donors (Lipinski definition) is 2. The number of aromatic nitrogens is 3. The van der Waals surface area contributed by atoms with Gasteiger partial charge < -0.3 is 5.73 Å². The van der Waals surface area contributed by atoms with Gasteiger partial charge in [0, 0.05) is 12.7 Å². The molecule has 3 aromatic rings. The highest BCUT2D eigenvalue weighted by Gasteiger charge is 2.32. The number of hydrazine groups is 1. The maximum atomic E-state index is 13.9. The van der Waals surface area contributed by atoms with Gasteiger partial charge in [-0.05, 0) is 24.3 Å². The van der Waals surface area contributed by atoms with E-state index < -0.39 is 23.5 Å². The molecule has 146 valence electrons. The average molecular weight is 394 g/mol. The number of rotatable bonds is 5. The van der Waals surface area contributed by atoms with Crippen molar-refractivity contribution in [1.82, 2.24) is 20.4 Å². The Morgan fingerprint density at radius 1 is 1.18 bits per heavy atom. The van der Waals surface area contributed by atoms with Crippen LogP contribution in [0.3, 0.4) is 0 Å². The fraction of sp³-hybridized carbons (Fsp3) is 0.176. The van der Waals surface area contributed by atoms with Crippen LogP contribution in [-0.2, 0) is 6.18 Å². The summed E-state index contributed by atoms with van der Waals surface area (Å²) >= 11 is 0. The van der Waals surface area contributed by atoms with Gasteiger partial charge in [0.15, 0.2) is 5.82 Å². The molecule has 0 aliphatic heterocycles. The maximum absolute atomic E-state index is 13.9. The zero-order valence-electron chi connectivity index (χ0n) is 14.5. The molecule has 0 radical (unpaired) electrons. The lowest BCUT2D eigenvalue weighted by atomic mass is 10.1. The van der Waals surface area contributed by atoms with E-state index in [0.717, 1.165) is 23.5 Å². The molecule has 0 spiro atoms. The first-order chi connectivity index (χ1) is 13.2. The van der Waals surface area contributed by atoms with Gasteiger partial charge in [-0.1, -0.05) is 6.92 Å². The van der Waals surface area contributed by atoms with E-state index in [0.29, 0.717) is 6.07 Å². The molecule has 0 unspecified atom stereocenters. The second kappa shape index (κ2) is 7.35. The summed E-state index contributed by atoms with van der Waals surface area (Å²) in [5.41, 5.74) is 7.14. The van der Waals surface area contributed by atoms with Crippen LogP contribution in [0.4, 0.5) is 29.1 Å². The second-order valence-corrected chi connectivity index (χ2v) is 5.66. The number of nitrogens with zero attached hydrogens (tertiary/aromatic N) is 4. The van der Waals surface area contributed by atoms with Gasteiger partial charge in [-0.3, -0.25) is 14.8 Å². The molecule has 3 rings (SSSR count). The van der Waals surface area contributed by atoms with E-state index in [-0.39, 0.29) is 34.6 Å². The minimum absolute atomic E-state index is 0.0358. The van der Waals surface area contributed by atoms with E-state index in [2.05, 4.69) is 20.4 Å². The Kier molecular flexibility index (Phi) is 5.10. The van der Waals surface area contributed by atoms with Crippen LogP contribution < -0.4 is 16.2 Å². The summed E-state index contributed by atoms with van der Waals surface area (Å²) in [6.45, 7) is 1.97. The number of alkyl halides is 3. The molecule has 2 aromatic heterocycles. The largest absolute Gasteiger partial charge is 0.416 e. The lowest BCUT2D eigenvalue weighted by Gasteiger charge is -2.25. The Morgan fingerprint density at radius 2 is 1.93 bits per heavy atom. The van der Waals surface area contributed by atoms with Gasteiger partial charge in [0.2, 0.25) is 0 Å². The maximum Gasteiger partial charge on any atom is 0.416 e. The Bertz CT molecular complexity index is 1040. The molecule has 0 aliphatic carbocycles. The summed E-state index contributed by atoms with van der Waals surface area (Å²) < 4.78 is 53.2. The van der Waals surface area contributed by atoms with E-state index in [4.69, 9.17) is 5.73 Å². The van der Waals surface area contributed by atoms with Crippen LogP contribution in [0.25, 0.3) is 11.0 Å². The SMILES string of the molecule is CCNN(c1cc(F)cc(C(F)(F)F)c1)c1ncnc2c(C(N)=O)ccnc12. The summed E-state index contributed by atoms with van der Waals surface area (Å²) in [6.07, 6.45) is -2.33. The van der Waals surface area contributed by atoms with Gasteiger partial charge in [-0.2, -0.15) is 13.2 Å².